The van der Waals surface area contributed by atoms with E-state index in [1.807, 2.05) is 51.3 Å². The zero-order valence-electron chi connectivity index (χ0n) is 16.0. The van der Waals surface area contributed by atoms with Gasteiger partial charge in [0.25, 0.3) is 11.6 Å². The van der Waals surface area contributed by atoms with E-state index >= 15 is 0 Å². The Kier molecular flexibility index (Phi) is 5.81. The van der Waals surface area contributed by atoms with E-state index in [2.05, 4.69) is 5.32 Å². The van der Waals surface area contributed by atoms with Gasteiger partial charge in [0.2, 0.25) is 0 Å². The number of rotatable bonds is 5. The van der Waals surface area contributed by atoms with Gasteiger partial charge in [-0.2, -0.15) is 5.26 Å². The Morgan fingerprint density at radius 2 is 1.96 bits per heavy atom. The van der Waals surface area contributed by atoms with E-state index in [0.29, 0.717) is 0 Å². The van der Waals surface area contributed by atoms with Crippen molar-refractivity contribution < 1.29 is 9.72 Å². The maximum absolute atomic E-state index is 12.1. The van der Waals surface area contributed by atoms with Crippen molar-refractivity contribution >= 4 is 17.7 Å². The molecule has 7 heteroatoms. The number of benzene rings is 1. The van der Waals surface area contributed by atoms with Crippen LogP contribution in [0.3, 0.4) is 0 Å². The second kappa shape index (κ2) is 7.87. The molecule has 0 aliphatic rings. The van der Waals surface area contributed by atoms with Crippen molar-refractivity contribution in [1.29, 1.82) is 5.26 Å². The molecule has 0 spiro atoms. The molecule has 1 aromatic carbocycles. The van der Waals surface area contributed by atoms with Crippen LogP contribution in [0.4, 0.5) is 5.69 Å². The number of nitro benzene ring substituents is 1. The van der Waals surface area contributed by atoms with Gasteiger partial charge in [0, 0.05) is 35.2 Å². The molecule has 0 atom stereocenters. The minimum atomic E-state index is -0.424. The van der Waals surface area contributed by atoms with Crippen molar-refractivity contribution in [3.8, 4) is 11.8 Å². The Morgan fingerprint density at radius 1 is 1.30 bits per heavy atom. The first-order valence-electron chi connectivity index (χ1n) is 8.52. The van der Waals surface area contributed by atoms with Crippen LogP contribution in [0.1, 0.15) is 36.4 Å². The maximum atomic E-state index is 12.1. The number of hydrogen-bond acceptors (Lipinski definition) is 4. The highest BCUT2D eigenvalue weighted by Crippen LogP contribution is 2.27. The lowest BCUT2D eigenvalue weighted by molar-refractivity contribution is -0.384. The molecule has 1 N–H and O–H groups in total. The van der Waals surface area contributed by atoms with Gasteiger partial charge < -0.3 is 9.88 Å². The van der Waals surface area contributed by atoms with Gasteiger partial charge in [-0.3, -0.25) is 14.9 Å². The third-order valence-corrected chi connectivity index (χ3v) is 4.19. The van der Waals surface area contributed by atoms with Gasteiger partial charge in [-0.25, -0.2) is 0 Å². The first-order chi connectivity index (χ1) is 12.6. The fourth-order valence-electron chi connectivity index (χ4n) is 2.95. The highest BCUT2D eigenvalue weighted by Gasteiger charge is 2.16. The van der Waals surface area contributed by atoms with Crippen LogP contribution in [-0.2, 0) is 4.79 Å². The van der Waals surface area contributed by atoms with E-state index in [4.69, 9.17) is 0 Å². The van der Waals surface area contributed by atoms with E-state index < -0.39 is 10.8 Å². The van der Waals surface area contributed by atoms with E-state index in [0.717, 1.165) is 28.2 Å². The van der Waals surface area contributed by atoms with E-state index in [9.17, 15) is 20.2 Å². The number of nitriles is 1. The van der Waals surface area contributed by atoms with Gasteiger partial charge in [-0.1, -0.05) is 0 Å². The topological polar surface area (TPSA) is 101 Å². The number of amides is 1. The molecule has 0 fully saturated rings. The standard InChI is InChI=1S/C20H22N4O3/c1-12(2)22-20(25)17(11-21)10-16-9-14(4)23(15(16)5)19-7-6-18(24(26)27)8-13(19)3/h6-10,12H,1-5H3,(H,22,25)/b17-10-. The Balaban J connectivity index is 2.51. The number of hydrogen-bond donors (Lipinski definition) is 1. The molecular weight excluding hydrogens is 344 g/mol. The number of aryl methyl sites for hydroxylation is 2. The number of non-ortho nitro benzene ring substituents is 1. The minimum absolute atomic E-state index is 0.0318. The molecule has 0 saturated heterocycles. The molecule has 1 aromatic heterocycles. The molecule has 7 nitrogen and oxygen atoms in total. The molecule has 0 bridgehead atoms. The first kappa shape index (κ1) is 19.9. The summed E-state index contributed by atoms with van der Waals surface area (Å²) in [5.74, 6) is -0.413. The van der Waals surface area contributed by atoms with E-state index in [1.54, 1.807) is 12.1 Å². The van der Waals surface area contributed by atoms with Crippen molar-refractivity contribution in [3.05, 3.63) is 62.5 Å². The molecule has 1 amide bonds. The lowest BCUT2D eigenvalue weighted by Crippen LogP contribution is -2.30. The molecule has 140 valence electrons. The predicted molar refractivity (Wildman–Crippen MR) is 104 cm³/mol. The Bertz CT molecular complexity index is 978. The number of aromatic nitrogens is 1. The number of carbonyl (C=O) groups is 1. The molecule has 2 rings (SSSR count). The number of nitrogens with one attached hydrogen (secondary N) is 1. The van der Waals surface area contributed by atoms with E-state index in [-0.39, 0.29) is 17.3 Å². The van der Waals surface area contributed by atoms with Crippen LogP contribution in [0.2, 0.25) is 0 Å². The second-order valence-corrected chi connectivity index (χ2v) is 6.69. The summed E-state index contributed by atoms with van der Waals surface area (Å²) in [7, 11) is 0. The molecule has 0 saturated carbocycles. The summed E-state index contributed by atoms with van der Waals surface area (Å²) in [6, 6.07) is 8.47. The van der Waals surface area contributed by atoms with Crippen molar-refractivity contribution in [2.75, 3.05) is 0 Å². The van der Waals surface area contributed by atoms with Gasteiger partial charge in [-0.05, 0) is 64.0 Å². The lowest BCUT2D eigenvalue weighted by atomic mass is 10.1. The first-order valence-corrected chi connectivity index (χ1v) is 8.52. The van der Waals surface area contributed by atoms with Gasteiger partial charge in [-0.15, -0.1) is 0 Å². The average Bonchev–Trinajstić information content (AvgIpc) is 2.85. The second-order valence-electron chi connectivity index (χ2n) is 6.69. The van der Waals surface area contributed by atoms with Crippen LogP contribution in [0.15, 0.2) is 29.8 Å². The third kappa shape index (κ3) is 4.23. The number of nitro groups is 1. The van der Waals surface area contributed by atoms with Gasteiger partial charge in [0.05, 0.1) is 4.92 Å². The predicted octanol–water partition coefficient (Wildman–Crippen LogP) is 3.74. The molecule has 0 aliphatic heterocycles. The summed E-state index contributed by atoms with van der Waals surface area (Å²) in [5, 5.41) is 23.0. The quantitative estimate of drug-likeness (QED) is 0.377. The number of nitrogens with zero attached hydrogens (tertiary/aromatic N) is 3. The summed E-state index contributed by atoms with van der Waals surface area (Å²) >= 11 is 0. The normalized spacial score (nSPS) is 11.4. The molecule has 0 aliphatic carbocycles. The molecule has 27 heavy (non-hydrogen) atoms. The van der Waals surface area contributed by atoms with Crippen LogP contribution in [0.5, 0.6) is 0 Å². The Labute approximate surface area is 158 Å². The van der Waals surface area contributed by atoms with Crippen LogP contribution < -0.4 is 5.32 Å². The smallest absolute Gasteiger partial charge is 0.269 e. The highest BCUT2D eigenvalue weighted by atomic mass is 16.6. The molecule has 0 radical (unpaired) electrons. The van der Waals surface area contributed by atoms with Crippen LogP contribution >= 0.6 is 0 Å². The fraction of sp³-hybridized carbons (Fsp3) is 0.300. The van der Waals surface area contributed by atoms with Crippen molar-refractivity contribution in [2.24, 2.45) is 0 Å². The van der Waals surface area contributed by atoms with Crippen molar-refractivity contribution in [3.63, 3.8) is 0 Å². The molecule has 1 heterocycles. The zero-order valence-corrected chi connectivity index (χ0v) is 16.0. The summed E-state index contributed by atoms with van der Waals surface area (Å²) in [6.45, 7) is 9.26. The van der Waals surface area contributed by atoms with Gasteiger partial charge in [0.15, 0.2) is 0 Å². The van der Waals surface area contributed by atoms with Crippen LogP contribution in [0, 0.1) is 42.2 Å². The summed E-state index contributed by atoms with van der Waals surface area (Å²) in [6.07, 6.45) is 1.57. The summed E-state index contributed by atoms with van der Waals surface area (Å²) < 4.78 is 1.96. The lowest BCUT2D eigenvalue weighted by Gasteiger charge is -2.12. The van der Waals surface area contributed by atoms with Gasteiger partial charge in [0.1, 0.15) is 11.6 Å². The Morgan fingerprint density at radius 3 is 2.48 bits per heavy atom. The summed E-state index contributed by atoms with van der Waals surface area (Å²) in [4.78, 5) is 22.7. The maximum Gasteiger partial charge on any atom is 0.269 e. The highest BCUT2D eigenvalue weighted by molar-refractivity contribution is 6.02. The zero-order chi connectivity index (χ0) is 20.3. The fourth-order valence-corrected chi connectivity index (χ4v) is 2.95. The van der Waals surface area contributed by atoms with Crippen LogP contribution in [-0.4, -0.2) is 21.4 Å². The third-order valence-electron chi connectivity index (χ3n) is 4.19. The largest absolute Gasteiger partial charge is 0.349 e. The van der Waals surface area contributed by atoms with Gasteiger partial charge >= 0.3 is 0 Å². The molecule has 2 aromatic rings. The molecular formula is C20H22N4O3. The number of carbonyl (C=O) groups excluding carboxylic acids is 1. The van der Waals surface area contributed by atoms with Crippen LogP contribution in [0.25, 0.3) is 11.8 Å². The molecule has 0 unspecified atom stereocenters. The average molecular weight is 366 g/mol. The summed E-state index contributed by atoms with van der Waals surface area (Å²) in [5.41, 5.74) is 4.15. The van der Waals surface area contributed by atoms with E-state index in [1.165, 1.54) is 12.1 Å². The van der Waals surface area contributed by atoms with Crippen molar-refractivity contribution in [1.82, 2.24) is 9.88 Å². The minimum Gasteiger partial charge on any atom is -0.349 e. The Hall–Kier alpha value is -3.40. The monoisotopic (exact) mass is 366 g/mol. The van der Waals surface area contributed by atoms with Crippen molar-refractivity contribution in [2.45, 2.75) is 40.7 Å². The SMILES string of the molecule is Cc1cc([N+](=O)[O-])ccc1-n1c(C)cc(/C=C(/C#N)C(=O)NC(C)C)c1C.